The minimum Gasteiger partial charge on any atom is -0.378 e. The quantitative estimate of drug-likeness (QED) is 0.870. The first-order valence-corrected chi connectivity index (χ1v) is 8.78. The van der Waals surface area contributed by atoms with Crippen molar-refractivity contribution in [3.8, 4) is 0 Å². The molecule has 1 aromatic heterocycles. The summed E-state index contributed by atoms with van der Waals surface area (Å²) in [6.45, 7) is 1.64. The van der Waals surface area contributed by atoms with Crippen molar-refractivity contribution in [2.45, 2.75) is 24.7 Å². The fourth-order valence-corrected chi connectivity index (χ4v) is 3.51. The number of ether oxygens (including phenoxy) is 1. The second-order valence-electron chi connectivity index (χ2n) is 6.66. The van der Waals surface area contributed by atoms with Gasteiger partial charge in [0.25, 0.3) is 5.91 Å². The number of carbonyl (C=O) groups excluding carboxylic acids is 1. The average Bonchev–Trinajstić information content (AvgIpc) is 3.11. The predicted molar refractivity (Wildman–Crippen MR) is 91.5 cm³/mol. The van der Waals surface area contributed by atoms with Crippen LogP contribution in [0.2, 0.25) is 0 Å². The smallest absolute Gasteiger partial charge is 0.378 e. The molecule has 2 aliphatic rings. The fraction of sp³-hybridized carbons (Fsp3) is 0.444. The maximum absolute atomic E-state index is 13.7. The summed E-state index contributed by atoms with van der Waals surface area (Å²) in [5, 5.41) is 7.10. The van der Waals surface area contributed by atoms with Crippen molar-refractivity contribution < 1.29 is 22.7 Å². The maximum atomic E-state index is 13.7. The number of carbonyl (C=O) groups is 1. The second kappa shape index (κ2) is 6.88. The second-order valence-corrected chi connectivity index (χ2v) is 6.66. The van der Waals surface area contributed by atoms with Gasteiger partial charge in [0.05, 0.1) is 19.3 Å². The molecule has 1 fully saturated rings. The molecule has 0 spiro atoms. The van der Waals surface area contributed by atoms with Gasteiger partial charge in [0.15, 0.2) is 11.7 Å². The van der Waals surface area contributed by atoms with E-state index in [2.05, 4.69) is 10.4 Å². The van der Waals surface area contributed by atoms with Crippen LogP contribution in [0.5, 0.6) is 0 Å². The highest BCUT2D eigenvalue weighted by Gasteiger charge is 2.47. The third-order valence-corrected chi connectivity index (χ3v) is 4.91. The highest BCUT2D eigenvalue weighted by molar-refractivity contribution is 5.93. The number of nitrogens with one attached hydrogen (secondary N) is 1. The molecule has 0 unspecified atom stereocenters. The minimum absolute atomic E-state index is 0.0161. The third-order valence-electron chi connectivity index (χ3n) is 4.91. The van der Waals surface area contributed by atoms with E-state index in [1.165, 1.54) is 6.07 Å². The Bertz CT molecular complexity index is 816. The maximum Gasteiger partial charge on any atom is 0.410 e. The number of anilines is 1. The fourth-order valence-electron chi connectivity index (χ4n) is 3.51. The molecule has 144 valence electrons. The lowest BCUT2D eigenvalue weighted by molar-refractivity contribution is -0.173. The zero-order chi connectivity index (χ0) is 19.0. The molecule has 0 radical (unpaired) electrons. The van der Waals surface area contributed by atoms with Crippen LogP contribution in [0.25, 0.3) is 0 Å². The van der Waals surface area contributed by atoms with Gasteiger partial charge in [-0.3, -0.25) is 4.79 Å². The van der Waals surface area contributed by atoms with E-state index in [9.17, 15) is 18.0 Å². The van der Waals surface area contributed by atoms with Gasteiger partial charge in [0.2, 0.25) is 0 Å². The summed E-state index contributed by atoms with van der Waals surface area (Å²) >= 11 is 0. The monoisotopic (exact) mass is 380 g/mol. The first kappa shape index (κ1) is 17.8. The number of benzene rings is 1. The number of morpholine rings is 1. The summed E-state index contributed by atoms with van der Waals surface area (Å²) in [6, 6.07) is 8.09. The molecular weight excluding hydrogens is 361 g/mol. The van der Waals surface area contributed by atoms with E-state index in [4.69, 9.17) is 4.74 Å². The summed E-state index contributed by atoms with van der Waals surface area (Å²) in [6.07, 6.45) is -4.65. The number of halogens is 3. The highest BCUT2D eigenvalue weighted by atomic mass is 19.4. The lowest BCUT2D eigenvalue weighted by atomic mass is 9.97. The van der Waals surface area contributed by atoms with Crippen molar-refractivity contribution in [3.05, 3.63) is 47.7 Å². The number of hydrogen-bond donors (Lipinski definition) is 1. The standard InChI is InChI=1S/C18H19F3N4O2/c19-18(20,21)15-10-13(12-4-2-1-3-5-12)22-16-11-14(23-25(15)16)17(26)24-6-8-27-9-7-24/h1-5,11,13,15,22H,6-10H2/t13-,15-/m0/s1. The number of rotatable bonds is 2. The number of fused-ring (bicyclic) bond motifs is 1. The van der Waals surface area contributed by atoms with Crippen LogP contribution in [0, 0.1) is 0 Å². The van der Waals surface area contributed by atoms with Crippen LogP contribution in [0.4, 0.5) is 19.0 Å². The largest absolute Gasteiger partial charge is 0.410 e. The lowest BCUT2D eigenvalue weighted by Gasteiger charge is -2.33. The number of hydrogen-bond acceptors (Lipinski definition) is 4. The van der Waals surface area contributed by atoms with Crippen molar-refractivity contribution >= 4 is 11.7 Å². The van der Waals surface area contributed by atoms with Crippen LogP contribution in [-0.2, 0) is 4.74 Å². The van der Waals surface area contributed by atoms with Gasteiger partial charge in [-0.1, -0.05) is 30.3 Å². The molecule has 1 N–H and O–H groups in total. The van der Waals surface area contributed by atoms with Crippen LogP contribution in [0.15, 0.2) is 36.4 Å². The van der Waals surface area contributed by atoms with Gasteiger partial charge in [0.1, 0.15) is 5.82 Å². The van der Waals surface area contributed by atoms with Crippen LogP contribution in [-0.4, -0.2) is 53.1 Å². The molecule has 1 saturated heterocycles. The molecule has 27 heavy (non-hydrogen) atoms. The summed E-state index contributed by atoms with van der Waals surface area (Å²) in [5.41, 5.74) is 0.780. The number of amides is 1. The Balaban J connectivity index is 1.66. The topological polar surface area (TPSA) is 59.4 Å². The van der Waals surface area contributed by atoms with E-state index >= 15 is 0 Å². The molecule has 0 bridgehead atoms. The lowest BCUT2D eigenvalue weighted by Crippen LogP contribution is -2.41. The van der Waals surface area contributed by atoms with E-state index in [1.54, 1.807) is 29.2 Å². The number of alkyl halides is 3. The first-order chi connectivity index (χ1) is 12.9. The Hall–Kier alpha value is -2.55. The number of aromatic nitrogens is 2. The summed E-state index contributed by atoms with van der Waals surface area (Å²) in [5.74, 6) is -0.173. The minimum atomic E-state index is -4.46. The SMILES string of the molecule is O=C(c1cc2n(n1)[C@H](C(F)(F)F)C[C@@H](c1ccccc1)N2)N1CCOCC1. The average molecular weight is 380 g/mol. The Kier molecular flexibility index (Phi) is 4.55. The zero-order valence-corrected chi connectivity index (χ0v) is 14.4. The van der Waals surface area contributed by atoms with Crippen LogP contribution in [0.1, 0.15) is 34.6 Å². The van der Waals surface area contributed by atoms with Crippen LogP contribution < -0.4 is 5.32 Å². The van der Waals surface area contributed by atoms with Crippen molar-refractivity contribution in [2.24, 2.45) is 0 Å². The van der Waals surface area contributed by atoms with E-state index < -0.39 is 18.3 Å². The molecule has 6 nitrogen and oxygen atoms in total. The first-order valence-electron chi connectivity index (χ1n) is 8.78. The predicted octanol–water partition coefficient (Wildman–Crippen LogP) is 3.02. The van der Waals surface area contributed by atoms with Crippen molar-refractivity contribution in [3.63, 3.8) is 0 Å². The molecule has 9 heteroatoms. The highest BCUT2D eigenvalue weighted by Crippen LogP contribution is 2.43. The van der Waals surface area contributed by atoms with E-state index in [-0.39, 0.29) is 23.8 Å². The molecule has 3 heterocycles. The summed E-state index contributed by atoms with van der Waals surface area (Å²) in [7, 11) is 0. The van der Waals surface area contributed by atoms with Crippen molar-refractivity contribution in [2.75, 3.05) is 31.6 Å². The van der Waals surface area contributed by atoms with E-state index in [0.717, 1.165) is 10.2 Å². The van der Waals surface area contributed by atoms with E-state index in [0.29, 0.717) is 26.3 Å². The Morgan fingerprint density at radius 2 is 1.89 bits per heavy atom. The molecule has 4 rings (SSSR count). The van der Waals surface area contributed by atoms with Gasteiger partial charge in [-0.25, -0.2) is 4.68 Å². The Morgan fingerprint density at radius 1 is 1.19 bits per heavy atom. The van der Waals surface area contributed by atoms with Gasteiger partial charge in [0, 0.05) is 25.6 Å². The third kappa shape index (κ3) is 3.51. The van der Waals surface area contributed by atoms with Gasteiger partial charge >= 0.3 is 6.18 Å². The zero-order valence-electron chi connectivity index (χ0n) is 14.4. The van der Waals surface area contributed by atoms with Crippen molar-refractivity contribution in [1.82, 2.24) is 14.7 Å². The molecule has 0 aliphatic carbocycles. The molecular formula is C18H19F3N4O2. The molecule has 0 saturated carbocycles. The van der Waals surface area contributed by atoms with Gasteiger partial charge < -0.3 is 15.0 Å². The van der Waals surface area contributed by atoms with Crippen LogP contribution in [0.3, 0.4) is 0 Å². The summed E-state index contributed by atoms with van der Waals surface area (Å²) in [4.78, 5) is 14.2. The molecule has 1 amide bonds. The van der Waals surface area contributed by atoms with Gasteiger partial charge in [-0.15, -0.1) is 0 Å². The Labute approximate surface area is 153 Å². The summed E-state index contributed by atoms with van der Waals surface area (Å²) < 4.78 is 47.1. The Morgan fingerprint density at radius 3 is 2.56 bits per heavy atom. The van der Waals surface area contributed by atoms with Crippen molar-refractivity contribution in [1.29, 1.82) is 0 Å². The van der Waals surface area contributed by atoms with Crippen LogP contribution >= 0.6 is 0 Å². The molecule has 1 aromatic carbocycles. The van der Waals surface area contributed by atoms with Gasteiger partial charge in [-0.05, 0) is 5.56 Å². The molecule has 2 aromatic rings. The molecule has 2 aliphatic heterocycles. The number of nitrogens with zero attached hydrogens (tertiary/aromatic N) is 3. The van der Waals surface area contributed by atoms with E-state index in [1.807, 2.05) is 6.07 Å². The van der Waals surface area contributed by atoms with Gasteiger partial charge in [-0.2, -0.15) is 18.3 Å². The molecule has 2 atom stereocenters. The normalized spacial score (nSPS) is 22.9.